The first-order valence-corrected chi connectivity index (χ1v) is 9.75. The largest absolute Gasteiger partial charge is 0.494 e. The second kappa shape index (κ2) is 10.1. The van der Waals surface area contributed by atoms with E-state index in [-0.39, 0.29) is 17.1 Å². The summed E-state index contributed by atoms with van der Waals surface area (Å²) in [7, 11) is 0. The molecular formula is C21H24N2O4S. The zero-order valence-corrected chi connectivity index (χ0v) is 16.6. The molecule has 1 saturated heterocycles. The quantitative estimate of drug-likeness (QED) is 0.690. The lowest BCUT2D eigenvalue weighted by Crippen LogP contribution is -2.34. The summed E-state index contributed by atoms with van der Waals surface area (Å²) in [5.41, 5.74) is 1.19. The van der Waals surface area contributed by atoms with Crippen LogP contribution >= 0.6 is 12.2 Å². The average molecular weight is 401 g/mol. The van der Waals surface area contributed by atoms with Gasteiger partial charge in [-0.15, -0.1) is 0 Å². The number of ether oxygens (including phenoxy) is 3. The summed E-state index contributed by atoms with van der Waals surface area (Å²) in [6.45, 7) is 3.76. The van der Waals surface area contributed by atoms with E-state index in [1.807, 2.05) is 31.2 Å². The molecule has 2 aromatic carbocycles. The van der Waals surface area contributed by atoms with Gasteiger partial charge in [0, 0.05) is 12.2 Å². The Morgan fingerprint density at radius 2 is 1.96 bits per heavy atom. The second-order valence-electron chi connectivity index (χ2n) is 6.31. The third-order valence-electron chi connectivity index (χ3n) is 4.24. The number of anilines is 1. The lowest BCUT2D eigenvalue weighted by atomic mass is 10.2. The maximum absolute atomic E-state index is 12.4. The summed E-state index contributed by atoms with van der Waals surface area (Å²) in [5, 5.41) is 5.91. The Balaban J connectivity index is 1.55. The summed E-state index contributed by atoms with van der Waals surface area (Å²) in [4.78, 5) is 12.4. The molecule has 148 valence electrons. The number of hydrogen-bond donors (Lipinski definition) is 2. The monoisotopic (exact) mass is 400 g/mol. The van der Waals surface area contributed by atoms with E-state index in [2.05, 4.69) is 10.6 Å². The van der Waals surface area contributed by atoms with Crippen LogP contribution in [-0.4, -0.2) is 36.9 Å². The van der Waals surface area contributed by atoms with E-state index in [4.69, 9.17) is 26.4 Å². The highest BCUT2D eigenvalue weighted by atomic mass is 32.1. The number of thiocarbonyl (C=S) groups is 1. The summed E-state index contributed by atoms with van der Waals surface area (Å²) < 4.78 is 16.8. The molecule has 7 heteroatoms. The third kappa shape index (κ3) is 5.68. The summed E-state index contributed by atoms with van der Waals surface area (Å²) >= 11 is 5.28. The number of rotatable bonds is 7. The zero-order chi connectivity index (χ0) is 19.8. The van der Waals surface area contributed by atoms with Crippen molar-refractivity contribution in [3.63, 3.8) is 0 Å². The predicted molar refractivity (Wildman–Crippen MR) is 112 cm³/mol. The molecule has 1 aliphatic rings. The molecular weight excluding hydrogens is 376 g/mol. The van der Waals surface area contributed by atoms with Gasteiger partial charge >= 0.3 is 0 Å². The minimum Gasteiger partial charge on any atom is -0.494 e. The minimum absolute atomic E-state index is 0.124. The Kier molecular flexibility index (Phi) is 7.22. The van der Waals surface area contributed by atoms with Gasteiger partial charge in [0.2, 0.25) is 0 Å². The number of carbonyl (C=O) groups excluding carboxylic acids is 1. The molecule has 1 heterocycles. The Labute approximate surface area is 170 Å². The minimum atomic E-state index is -0.293. The Morgan fingerprint density at radius 1 is 1.18 bits per heavy atom. The standard InChI is InChI=1S/C21H24N2O4S/c1-2-25-16-11-9-15(10-12-16)20(24)23-21(28)22-18-7-3-4-8-19(18)27-14-17-6-5-13-26-17/h3-4,7-12,17H,2,5-6,13-14H2,1H3,(H2,22,23,24,28). The predicted octanol–water partition coefficient (Wildman–Crippen LogP) is 3.77. The molecule has 0 saturated carbocycles. The molecule has 1 amide bonds. The van der Waals surface area contributed by atoms with Gasteiger partial charge in [0.05, 0.1) is 18.4 Å². The van der Waals surface area contributed by atoms with Crippen LogP contribution in [0.4, 0.5) is 5.69 Å². The lowest BCUT2D eigenvalue weighted by molar-refractivity contribution is 0.0682. The van der Waals surface area contributed by atoms with E-state index in [1.54, 1.807) is 24.3 Å². The van der Waals surface area contributed by atoms with Crippen LogP contribution in [0.2, 0.25) is 0 Å². The van der Waals surface area contributed by atoms with Gasteiger partial charge in [-0.1, -0.05) is 12.1 Å². The van der Waals surface area contributed by atoms with Gasteiger partial charge in [-0.3, -0.25) is 10.1 Å². The van der Waals surface area contributed by atoms with Gasteiger partial charge in [0.15, 0.2) is 5.11 Å². The van der Waals surface area contributed by atoms with Gasteiger partial charge in [-0.2, -0.15) is 0 Å². The molecule has 0 bridgehead atoms. The van der Waals surface area contributed by atoms with Crippen molar-refractivity contribution in [2.24, 2.45) is 0 Å². The van der Waals surface area contributed by atoms with Crippen LogP contribution in [0.25, 0.3) is 0 Å². The van der Waals surface area contributed by atoms with Gasteiger partial charge in [-0.05, 0) is 68.4 Å². The van der Waals surface area contributed by atoms with Crippen LogP contribution in [0.5, 0.6) is 11.5 Å². The van der Waals surface area contributed by atoms with Crippen LogP contribution in [0.15, 0.2) is 48.5 Å². The van der Waals surface area contributed by atoms with E-state index >= 15 is 0 Å². The Bertz CT molecular complexity index is 804. The summed E-state index contributed by atoms with van der Waals surface area (Å²) in [6.07, 6.45) is 2.20. The second-order valence-corrected chi connectivity index (χ2v) is 6.72. The van der Waals surface area contributed by atoms with Gasteiger partial charge in [0.25, 0.3) is 5.91 Å². The van der Waals surface area contributed by atoms with Gasteiger partial charge in [-0.25, -0.2) is 0 Å². The normalized spacial score (nSPS) is 15.7. The molecule has 2 N–H and O–H groups in total. The van der Waals surface area contributed by atoms with Crippen LogP contribution in [0.1, 0.15) is 30.1 Å². The smallest absolute Gasteiger partial charge is 0.257 e. The molecule has 6 nitrogen and oxygen atoms in total. The Morgan fingerprint density at radius 3 is 2.68 bits per heavy atom. The van der Waals surface area contributed by atoms with E-state index in [0.717, 1.165) is 25.2 Å². The van der Waals surface area contributed by atoms with Crippen molar-refractivity contribution >= 4 is 28.9 Å². The molecule has 0 aliphatic carbocycles. The average Bonchev–Trinajstić information content (AvgIpc) is 3.21. The van der Waals surface area contributed by atoms with Crippen molar-refractivity contribution in [2.75, 3.05) is 25.1 Å². The SMILES string of the molecule is CCOc1ccc(C(=O)NC(=S)Nc2ccccc2OCC2CCCO2)cc1. The molecule has 1 atom stereocenters. The fourth-order valence-electron chi connectivity index (χ4n) is 2.85. The number of benzene rings is 2. The number of carbonyl (C=O) groups is 1. The molecule has 28 heavy (non-hydrogen) atoms. The molecule has 1 fully saturated rings. The molecule has 0 aromatic heterocycles. The van der Waals surface area contributed by atoms with E-state index in [9.17, 15) is 4.79 Å². The zero-order valence-electron chi connectivity index (χ0n) is 15.8. The fourth-order valence-corrected chi connectivity index (χ4v) is 3.05. The molecule has 1 aliphatic heterocycles. The molecule has 0 radical (unpaired) electrons. The highest BCUT2D eigenvalue weighted by Gasteiger charge is 2.17. The van der Waals surface area contributed by atoms with Crippen LogP contribution in [0, 0.1) is 0 Å². The first kappa shape index (κ1) is 20.1. The van der Waals surface area contributed by atoms with Crippen molar-refractivity contribution < 1.29 is 19.0 Å². The van der Waals surface area contributed by atoms with Gasteiger partial charge in [0.1, 0.15) is 18.1 Å². The van der Waals surface area contributed by atoms with Gasteiger partial charge < -0.3 is 19.5 Å². The Hall–Kier alpha value is -2.64. The summed E-state index contributed by atoms with van der Waals surface area (Å²) in [6, 6.07) is 14.4. The maximum atomic E-state index is 12.4. The lowest BCUT2D eigenvalue weighted by Gasteiger charge is -2.16. The first-order chi connectivity index (χ1) is 13.7. The van der Waals surface area contributed by atoms with Crippen LogP contribution in [-0.2, 0) is 4.74 Å². The van der Waals surface area contributed by atoms with Crippen molar-refractivity contribution in [2.45, 2.75) is 25.9 Å². The van der Waals surface area contributed by atoms with E-state index < -0.39 is 0 Å². The van der Waals surface area contributed by atoms with Crippen molar-refractivity contribution in [3.05, 3.63) is 54.1 Å². The first-order valence-electron chi connectivity index (χ1n) is 9.34. The van der Waals surface area contributed by atoms with Crippen molar-refractivity contribution in [1.82, 2.24) is 5.32 Å². The van der Waals surface area contributed by atoms with E-state index in [1.165, 1.54) is 0 Å². The molecule has 3 rings (SSSR count). The molecule has 2 aromatic rings. The van der Waals surface area contributed by atoms with Crippen molar-refractivity contribution in [1.29, 1.82) is 0 Å². The molecule has 0 spiro atoms. The third-order valence-corrected chi connectivity index (χ3v) is 4.44. The van der Waals surface area contributed by atoms with Crippen LogP contribution in [0.3, 0.4) is 0 Å². The molecule has 1 unspecified atom stereocenters. The van der Waals surface area contributed by atoms with Crippen molar-refractivity contribution in [3.8, 4) is 11.5 Å². The van der Waals surface area contributed by atoms with Crippen LogP contribution < -0.4 is 20.1 Å². The van der Waals surface area contributed by atoms with E-state index in [0.29, 0.717) is 30.2 Å². The maximum Gasteiger partial charge on any atom is 0.257 e. The number of nitrogens with one attached hydrogen (secondary N) is 2. The highest BCUT2D eigenvalue weighted by molar-refractivity contribution is 7.80. The number of amides is 1. The highest BCUT2D eigenvalue weighted by Crippen LogP contribution is 2.25. The summed E-state index contributed by atoms with van der Waals surface area (Å²) in [5.74, 6) is 1.09. The number of hydrogen-bond acceptors (Lipinski definition) is 5. The topological polar surface area (TPSA) is 68.8 Å². The fraction of sp³-hybridized carbons (Fsp3) is 0.333. The number of para-hydroxylation sites is 2.